The number of hydrogen-bond acceptors (Lipinski definition) is 1. The molecule has 0 spiro atoms. The molecule has 1 aromatic rings. The van der Waals surface area contributed by atoms with E-state index in [0.717, 1.165) is 16.8 Å². The molecular weight excluding hydrogens is 168 g/mol. The molecule has 0 bridgehead atoms. The molecule has 0 unspecified atom stereocenters. The molecule has 3 heteroatoms. The minimum Gasteiger partial charge on any atom is -0.339 e. The van der Waals surface area contributed by atoms with Gasteiger partial charge in [0.15, 0.2) is 4.73 Å². The van der Waals surface area contributed by atoms with Gasteiger partial charge in [-0.05, 0) is 22.4 Å². The molecule has 0 amide bonds. The third kappa shape index (κ3) is 1.10. The topological polar surface area (TPSA) is 28.7 Å². The maximum atomic E-state index is 4.09. The highest BCUT2D eigenvalue weighted by Gasteiger charge is 1.91. The van der Waals surface area contributed by atoms with Crippen LogP contribution >= 0.6 is 15.9 Å². The highest BCUT2D eigenvalue weighted by atomic mass is 79.9. The summed E-state index contributed by atoms with van der Waals surface area (Å²) in [7, 11) is 0. The SMILES string of the molecule is CCc1c[nH]c(Br)n1. The van der Waals surface area contributed by atoms with Gasteiger partial charge >= 0.3 is 0 Å². The molecular formula is C5H7BrN2. The summed E-state index contributed by atoms with van der Waals surface area (Å²) in [4.78, 5) is 7.02. The van der Waals surface area contributed by atoms with E-state index in [0.29, 0.717) is 0 Å². The molecule has 0 saturated carbocycles. The minimum absolute atomic E-state index is 0.814. The Balaban J connectivity index is 2.84. The summed E-state index contributed by atoms with van der Waals surface area (Å²) in [5, 5.41) is 0. The van der Waals surface area contributed by atoms with Gasteiger partial charge in [-0.1, -0.05) is 6.92 Å². The van der Waals surface area contributed by atoms with Crippen molar-refractivity contribution in [2.45, 2.75) is 13.3 Å². The second kappa shape index (κ2) is 2.31. The lowest BCUT2D eigenvalue weighted by molar-refractivity contribution is 1.05. The largest absolute Gasteiger partial charge is 0.339 e. The first kappa shape index (κ1) is 5.82. The Morgan fingerprint density at radius 1 is 1.88 bits per heavy atom. The molecule has 2 nitrogen and oxygen atoms in total. The quantitative estimate of drug-likeness (QED) is 0.691. The molecule has 1 heterocycles. The van der Waals surface area contributed by atoms with Gasteiger partial charge in [0.05, 0.1) is 5.69 Å². The molecule has 0 aliphatic carbocycles. The standard InChI is InChI=1S/C5H7BrN2/c1-2-4-3-7-5(6)8-4/h3H,2H2,1H3,(H,7,8). The van der Waals surface area contributed by atoms with Crippen LogP contribution in [0.25, 0.3) is 0 Å². The van der Waals surface area contributed by atoms with Crippen LogP contribution in [0, 0.1) is 0 Å². The molecule has 0 aliphatic rings. The highest BCUT2D eigenvalue weighted by molar-refractivity contribution is 9.10. The predicted molar refractivity (Wildman–Crippen MR) is 35.7 cm³/mol. The monoisotopic (exact) mass is 174 g/mol. The van der Waals surface area contributed by atoms with Crippen molar-refractivity contribution < 1.29 is 0 Å². The Morgan fingerprint density at radius 2 is 2.62 bits per heavy atom. The molecule has 8 heavy (non-hydrogen) atoms. The Hall–Kier alpha value is -0.310. The van der Waals surface area contributed by atoms with Crippen molar-refractivity contribution in [1.29, 1.82) is 0 Å². The van der Waals surface area contributed by atoms with Crippen LogP contribution in [0.15, 0.2) is 10.9 Å². The van der Waals surface area contributed by atoms with E-state index in [9.17, 15) is 0 Å². The van der Waals surface area contributed by atoms with Crippen LogP contribution in [0.3, 0.4) is 0 Å². The molecule has 1 rings (SSSR count). The van der Waals surface area contributed by atoms with Crippen molar-refractivity contribution >= 4 is 15.9 Å². The number of rotatable bonds is 1. The van der Waals surface area contributed by atoms with Gasteiger partial charge in [-0.25, -0.2) is 4.98 Å². The zero-order valence-electron chi connectivity index (χ0n) is 4.61. The fraction of sp³-hybridized carbons (Fsp3) is 0.400. The number of aromatic amines is 1. The van der Waals surface area contributed by atoms with Gasteiger partial charge in [0.25, 0.3) is 0 Å². The molecule has 0 aromatic carbocycles. The molecule has 0 saturated heterocycles. The molecule has 0 aliphatic heterocycles. The number of halogens is 1. The second-order valence-electron chi connectivity index (χ2n) is 1.54. The van der Waals surface area contributed by atoms with Crippen LogP contribution in [-0.2, 0) is 6.42 Å². The number of aromatic nitrogens is 2. The summed E-state index contributed by atoms with van der Waals surface area (Å²) in [6, 6.07) is 0. The van der Waals surface area contributed by atoms with E-state index in [4.69, 9.17) is 0 Å². The number of H-pyrrole nitrogens is 1. The zero-order valence-corrected chi connectivity index (χ0v) is 6.20. The normalized spacial score (nSPS) is 9.75. The lowest BCUT2D eigenvalue weighted by atomic mass is 10.4. The Morgan fingerprint density at radius 3 is 2.88 bits per heavy atom. The summed E-state index contributed by atoms with van der Waals surface area (Å²) < 4.78 is 0.814. The molecule has 1 aromatic heterocycles. The molecule has 0 radical (unpaired) electrons. The number of hydrogen-bond donors (Lipinski definition) is 1. The van der Waals surface area contributed by atoms with Crippen LogP contribution < -0.4 is 0 Å². The lowest BCUT2D eigenvalue weighted by Crippen LogP contribution is -1.74. The molecule has 1 N–H and O–H groups in total. The average molecular weight is 175 g/mol. The first-order valence-electron chi connectivity index (χ1n) is 2.52. The highest BCUT2D eigenvalue weighted by Crippen LogP contribution is 2.03. The van der Waals surface area contributed by atoms with E-state index in [2.05, 4.69) is 32.8 Å². The van der Waals surface area contributed by atoms with Gasteiger partial charge in [0.2, 0.25) is 0 Å². The van der Waals surface area contributed by atoms with Crippen LogP contribution in [0.2, 0.25) is 0 Å². The van der Waals surface area contributed by atoms with E-state index >= 15 is 0 Å². The third-order valence-electron chi connectivity index (χ3n) is 0.962. The van der Waals surface area contributed by atoms with Gasteiger partial charge in [0, 0.05) is 6.20 Å². The number of nitrogens with one attached hydrogen (secondary N) is 1. The molecule has 0 fully saturated rings. The zero-order chi connectivity index (χ0) is 5.98. The molecule has 0 atom stereocenters. The van der Waals surface area contributed by atoms with Crippen LogP contribution in [0.4, 0.5) is 0 Å². The van der Waals surface area contributed by atoms with E-state index in [-0.39, 0.29) is 0 Å². The molecule has 44 valence electrons. The Kier molecular flexibility index (Phi) is 1.68. The van der Waals surface area contributed by atoms with Crippen molar-refractivity contribution in [3.63, 3.8) is 0 Å². The van der Waals surface area contributed by atoms with Crippen molar-refractivity contribution in [1.82, 2.24) is 9.97 Å². The van der Waals surface area contributed by atoms with Gasteiger partial charge < -0.3 is 4.98 Å². The smallest absolute Gasteiger partial charge is 0.174 e. The number of nitrogens with zero attached hydrogens (tertiary/aromatic N) is 1. The van der Waals surface area contributed by atoms with E-state index in [1.165, 1.54) is 0 Å². The van der Waals surface area contributed by atoms with E-state index in [1.54, 1.807) is 0 Å². The lowest BCUT2D eigenvalue weighted by Gasteiger charge is -1.78. The van der Waals surface area contributed by atoms with Crippen molar-refractivity contribution in [2.75, 3.05) is 0 Å². The third-order valence-corrected chi connectivity index (χ3v) is 1.37. The fourth-order valence-corrected chi connectivity index (χ4v) is 0.857. The summed E-state index contributed by atoms with van der Waals surface area (Å²) in [6.45, 7) is 2.07. The Bertz CT molecular complexity index is 171. The van der Waals surface area contributed by atoms with Crippen LogP contribution in [0.5, 0.6) is 0 Å². The Labute approximate surface area is 56.5 Å². The van der Waals surface area contributed by atoms with E-state index in [1.807, 2.05) is 6.20 Å². The summed E-state index contributed by atoms with van der Waals surface area (Å²) >= 11 is 3.21. The maximum Gasteiger partial charge on any atom is 0.174 e. The van der Waals surface area contributed by atoms with Gasteiger partial charge in [-0.15, -0.1) is 0 Å². The summed E-state index contributed by atoms with van der Waals surface area (Å²) in [6.07, 6.45) is 2.88. The van der Waals surface area contributed by atoms with Crippen molar-refractivity contribution in [3.8, 4) is 0 Å². The number of imidazole rings is 1. The number of aryl methyl sites for hydroxylation is 1. The average Bonchev–Trinajstić information content (AvgIpc) is 2.14. The van der Waals surface area contributed by atoms with Crippen molar-refractivity contribution in [3.05, 3.63) is 16.6 Å². The van der Waals surface area contributed by atoms with Crippen LogP contribution in [-0.4, -0.2) is 9.97 Å². The van der Waals surface area contributed by atoms with Gasteiger partial charge in [-0.3, -0.25) is 0 Å². The second-order valence-corrected chi connectivity index (χ2v) is 2.29. The first-order valence-corrected chi connectivity index (χ1v) is 3.32. The minimum atomic E-state index is 0.814. The predicted octanol–water partition coefficient (Wildman–Crippen LogP) is 1.73. The van der Waals surface area contributed by atoms with Crippen LogP contribution in [0.1, 0.15) is 12.6 Å². The van der Waals surface area contributed by atoms with E-state index < -0.39 is 0 Å². The van der Waals surface area contributed by atoms with Crippen molar-refractivity contribution in [2.24, 2.45) is 0 Å². The van der Waals surface area contributed by atoms with Gasteiger partial charge in [0.1, 0.15) is 0 Å². The fourth-order valence-electron chi connectivity index (χ4n) is 0.515. The first-order chi connectivity index (χ1) is 3.83. The van der Waals surface area contributed by atoms with Gasteiger partial charge in [-0.2, -0.15) is 0 Å². The summed E-state index contributed by atoms with van der Waals surface area (Å²) in [5.41, 5.74) is 1.09. The maximum absolute atomic E-state index is 4.09. The summed E-state index contributed by atoms with van der Waals surface area (Å²) in [5.74, 6) is 0.